The fourth-order valence-electron chi connectivity index (χ4n) is 1.97. The first kappa shape index (κ1) is 15.2. The Bertz CT molecular complexity index is 701. The first-order valence-electron chi connectivity index (χ1n) is 6.12. The first-order chi connectivity index (χ1) is 9.64. The highest BCUT2D eigenvalue weighted by Crippen LogP contribution is 2.37. The van der Waals surface area contributed by atoms with Crippen molar-refractivity contribution in [2.75, 3.05) is 5.73 Å². The zero-order valence-electron chi connectivity index (χ0n) is 11.7. The summed E-state index contributed by atoms with van der Waals surface area (Å²) in [6.45, 7) is 5.28. The number of nitro groups is 1. The summed E-state index contributed by atoms with van der Waals surface area (Å²) in [4.78, 5) is 10.6. The van der Waals surface area contributed by atoms with E-state index in [4.69, 9.17) is 17.3 Å². The van der Waals surface area contributed by atoms with Gasteiger partial charge in [-0.3, -0.25) is 10.1 Å². The molecular formula is C13H14ClFN4O2. The number of nitrogen functional groups attached to an aromatic ring is 1. The second-order valence-electron chi connectivity index (χ2n) is 5.57. The number of hydrogen-bond acceptors (Lipinski definition) is 4. The van der Waals surface area contributed by atoms with Gasteiger partial charge in [-0.1, -0.05) is 38.4 Å². The molecule has 112 valence electrons. The zero-order chi connectivity index (χ0) is 15.9. The predicted molar refractivity (Wildman–Crippen MR) is 78.3 cm³/mol. The Labute approximate surface area is 125 Å². The summed E-state index contributed by atoms with van der Waals surface area (Å²) in [6, 6.07) is 4.08. The van der Waals surface area contributed by atoms with E-state index in [1.54, 1.807) is 20.8 Å². The van der Waals surface area contributed by atoms with Gasteiger partial charge in [0, 0.05) is 5.41 Å². The van der Waals surface area contributed by atoms with E-state index >= 15 is 0 Å². The fourth-order valence-corrected chi connectivity index (χ4v) is 2.21. The van der Waals surface area contributed by atoms with E-state index in [0.717, 1.165) is 4.68 Å². The Balaban J connectivity index is 2.81. The van der Waals surface area contributed by atoms with E-state index in [0.29, 0.717) is 0 Å². The highest BCUT2D eigenvalue weighted by molar-refractivity contribution is 6.32. The van der Waals surface area contributed by atoms with Crippen LogP contribution in [0, 0.1) is 15.9 Å². The average Bonchev–Trinajstić information content (AvgIpc) is 2.67. The second-order valence-corrected chi connectivity index (χ2v) is 5.98. The molecule has 6 nitrogen and oxygen atoms in total. The number of hydrogen-bond donors (Lipinski definition) is 1. The van der Waals surface area contributed by atoms with Crippen molar-refractivity contribution >= 4 is 23.1 Å². The molecule has 0 atom stereocenters. The number of benzene rings is 1. The smallest absolute Gasteiger partial charge is 0.334 e. The van der Waals surface area contributed by atoms with E-state index in [-0.39, 0.29) is 27.9 Å². The summed E-state index contributed by atoms with van der Waals surface area (Å²) >= 11 is 5.97. The summed E-state index contributed by atoms with van der Waals surface area (Å²) in [7, 11) is 0. The maximum absolute atomic E-state index is 14.0. The van der Waals surface area contributed by atoms with Crippen LogP contribution < -0.4 is 5.73 Å². The van der Waals surface area contributed by atoms with Crippen LogP contribution in [0.4, 0.5) is 15.9 Å². The molecule has 0 spiro atoms. The Kier molecular flexibility index (Phi) is 3.63. The van der Waals surface area contributed by atoms with Gasteiger partial charge in [0.25, 0.3) is 0 Å². The van der Waals surface area contributed by atoms with Gasteiger partial charge in [0.2, 0.25) is 5.82 Å². The summed E-state index contributed by atoms with van der Waals surface area (Å²) in [6.07, 6.45) is 0. The minimum Gasteiger partial charge on any atom is -0.378 e. The number of aromatic nitrogens is 2. The van der Waals surface area contributed by atoms with Gasteiger partial charge < -0.3 is 5.73 Å². The van der Waals surface area contributed by atoms with Crippen molar-refractivity contribution in [3.8, 4) is 5.69 Å². The molecule has 0 bridgehead atoms. The van der Waals surface area contributed by atoms with Crippen molar-refractivity contribution in [3.05, 3.63) is 44.8 Å². The molecular weight excluding hydrogens is 299 g/mol. The van der Waals surface area contributed by atoms with Gasteiger partial charge in [0.05, 0.1) is 9.95 Å². The number of nitrogens with two attached hydrogens (primary N) is 1. The molecule has 8 heteroatoms. The average molecular weight is 313 g/mol. The summed E-state index contributed by atoms with van der Waals surface area (Å²) in [5.74, 6) is -0.913. The minimum absolute atomic E-state index is 0.0690. The van der Waals surface area contributed by atoms with E-state index in [1.807, 2.05) is 0 Å². The highest BCUT2D eigenvalue weighted by atomic mass is 35.5. The lowest BCUT2D eigenvalue weighted by molar-refractivity contribution is -0.385. The maximum Gasteiger partial charge on any atom is 0.334 e. The largest absolute Gasteiger partial charge is 0.378 e. The van der Waals surface area contributed by atoms with Gasteiger partial charge in [-0.05, 0) is 12.1 Å². The standard InChI is InChI=1S/C13H14ClFN4O2/c1-13(2,3)11-10(19(20)21)12(16)18(17-11)9-7(14)5-4-6-8(9)15/h4-6H,16H2,1-3H3. The van der Waals surface area contributed by atoms with Crippen LogP contribution in [0.2, 0.25) is 5.02 Å². The third-order valence-corrected chi connectivity index (χ3v) is 3.24. The molecule has 21 heavy (non-hydrogen) atoms. The molecule has 0 fully saturated rings. The SMILES string of the molecule is CC(C)(C)c1nn(-c2c(F)cccc2Cl)c(N)c1[N+](=O)[O-]. The Morgan fingerprint density at radius 1 is 1.43 bits per heavy atom. The fraction of sp³-hybridized carbons (Fsp3) is 0.308. The summed E-state index contributed by atoms with van der Waals surface area (Å²) in [5, 5.41) is 15.4. The van der Waals surface area contributed by atoms with Crippen LogP contribution in [0.15, 0.2) is 18.2 Å². The third kappa shape index (κ3) is 2.56. The van der Waals surface area contributed by atoms with Gasteiger partial charge in [-0.15, -0.1) is 0 Å². The van der Waals surface area contributed by atoms with Crippen molar-refractivity contribution in [2.45, 2.75) is 26.2 Å². The molecule has 1 heterocycles. The number of rotatable bonds is 2. The summed E-state index contributed by atoms with van der Waals surface area (Å²) in [5.41, 5.74) is 4.92. The van der Waals surface area contributed by atoms with Crippen LogP contribution in [0.5, 0.6) is 0 Å². The number of para-hydroxylation sites is 1. The molecule has 0 aliphatic rings. The molecule has 2 aromatic rings. The van der Waals surface area contributed by atoms with Crippen molar-refractivity contribution in [1.82, 2.24) is 9.78 Å². The molecule has 2 rings (SSSR count). The molecule has 0 aliphatic heterocycles. The van der Waals surface area contributed by atoms with Gasteiger partial charge in [0.15, 0.2) is 0 Å². The lowest BCUT2D eigenvalue weighted by Crippen LogP contribution is -2.14. The van der Waals surface area contributed by atoms with E-state index < -0.39 is 16.2 Å². The van der Waals surface area contributed by atoms with Crippen molar-refractivity contribution in [1.29, 1.82) is 0 Å². The van der Waals surface area contributed by atoms with Crippen LogP contribution in [0.25, 0.3) is 5.69 Å². The lowest BCUT2D eigenvalue weighted by Gasteiger charge is -2.13. The molecule has 2 N–H and O–H groups in total. The summed E-state index contributed by atoms with van der Waals surface area (Å²) < 4.78 is 15.0. The molecule has 0 saturated carbocycles. The molecule has 1 aromatic heterocycles. The normalized spacial score (nSPS) is 11.7. The molecule has 0 unspecified atom stereocenters. The number of halogens is 2. The van der Waals surface area contributed by atoms with Gasteiger partial charge in [0.1, 0.15) is 17.2 Å². The molecule has 0 saturated heterocycles. The first-order valence-corrected chi connectivity index (χ1v) is 6.50. The predicted octanol–water partition coefficient (Wildman–Crippen LogP) is 3.45. The van der Waals surface area contributed by atoms with E-state index in [9.17, 15) is 14.5 Å². The quantitative estimate of drug-likeness (QED) is 0.679. The van der Waals surface area contributed by atoms with Crippen LogP contribution in [0.1, 0.15) is 26.5 Å². The van der Waals surface area contributed by atoms with E-state index in [1.165, 1.54) is 18.2 Å². The van der Waals surface area contributed by atoms with Crippen LogP contribution in [-0.2, 0) is 5.41 Å². The monoisotopic (exact) mass is 312 g/mol. The van der Waals surface area contributed by atoms with Gasteiger partial charge in [-0.25, -0.2) is 9.07 Å². The second kappa shape index (κ2) is 5.00. The molecule has 0 radical (unpaired) electrons. The van der Waals surface area contributed by atoms with Gasteiger partial charge in [-0.2, -0.15) is 5.10 Å². The topological polar surface area (TPSA) is 87.0 Å². The van der Waals surface area contributed by atoms with Crippen molar-refractivity contribution in [3.63, 3.8) is 0 Å². The molecule has 1 aromatic carbocycles. The minimum atomic E-state index is -0.660. The number of anilines is 1. The van der Waals surface area contributed by atoms with Crippen LogP contribution in [0.3, 0.4) is 0 Å². The van der Waals surface area contributed by atoms with E-state index in [2.05, 4.69) is 5.10 Å². The third-order valence-electron chi connectivity index (χ3n) is 2.94. The number of nitrogens with zero attached hydrogens (tertiary/aromatic N) is 3. The van der Waals surface area contributed by atoms with Crippen LogP contribution in [-0.4, -0.2) is 14.7 Å². The van der Waals surface area contributed by atoms with Crippen molar-refractivity contribution < 1.29 is 9.31 Å². The van der Waals surface area contributed by atoms with Gasteiger partial charge >= 0.3 is 5.69 Å². The Morgan fingerprint density at radius 3 is 2.48 bits per heavy atom. The van der Waals surface area contributed by atoms with Crippen molar-refractivity contribution in [2.24, 2.45) is 0 Å². The highest BCUT2D eigenvalue weighted by Gasteiger charge is 2.34. The maximum atomic E-state index is 14.0. The molecule has 0 amide bonds. The van der Waals surface area contributed by atoms with Crippen LogP contribution >= 0.6 is 11.6 Å². The Hall–Kier alpha value is -2.15. The zero-order valence-corrected chi connectivity index (χ0v) is 12.5. The lowest BCUT2D eigenvalue weighted by atomic mass is 9.91. The Morgan fingerprint density at radius 2 is 2.05 bits per heavy atom. The molecule has 0 aliphatic carbocycles.